The van der Waals surface area contributed by atoms with Crippen LogP contribution in [0.4, 0.5) is 0 Å². The number of nitrogens with zero attached hydrogens (tertiary/aromatic N) is 1. The summed E-state index contributed by atoms with van der Waals surface area (Å²) in [6, 6.07) is 7.84. The number of likely N-dealkylation sites (tertiary alicyclic amines) is 1. The van der Waals surface area contributed by atoms with Gasteiger partial charge in [-0.3, -0.25) is 4.79 Å². The summed E-state index contributed by atoms with van der Waals surface area (Å²) in [5, 5.41) is 0. The second kappa shape index (κ2) is 6.85. The molecule has 0 aliphatic carbocycles. The Bertz CT molecular complexity index is 411. The van der Waals surface area contributed by atoms with Crippen LogP contribution in [-0.2, 0) is 4.79 Å². The zero-order chi connectivity index (χ0) is 13.7. The molecule has 1 heterocycles. The van der Waals surface area contributed by atoms with Gasteiger partial charge in [0.15, 0.2) is 6.61 Å². The minimum absolute atomic E-state index is 0.0980. The van der Waals surface area contributed by atoms with Gasteiger partial charge in [0.05, 0.1) is 0 Å². The number of amides is 1. The summed E-state index contributed by atoms with van der Waals surface area (Å²) < 4.78 is 5.55. The van der Waals surface area contributed by atoms with Gasteiger partial charge >= 0.3 is 0 Å². The SMILES string of the molecule is CSc1ccc(OCC(=O)N2CCC(C)CC2)cc1. The van der Waals surface area contributed by atoms with E-state index in [9.17, 15) is 4.79 Å². The number of hydrogen-bond acceptors (Lipinski definition) is 3. The van der Waals surface area contributed by atoms with Gasteiger partial charge in [-0.25, -0.2) is 0 Å². The van der Waals surface area contributed by atoms with Crippen molar-refractivity contribution in [2.24, 2.45) is 5.92 Å². The number of piperidine rings is 1. The molecule has 104 valence electrons. The molecule has 0 N–H and O–H groups in total. The van der Waals surface area contributed by atoms with E-state index in [2.05, 4.69) is 6.92 Å². The Morgan fingerprint density at radius 2 is 1.95 bits per heavy atom. The molecule has 2 rings (SSSR count). The van der Waals surface area contributed by atoms with E-state index >= 15 is 0 Å². The van der Waals surface area contributed by atoms with Gasteiger partial charge in [0, 0.05) is 18.0 Å². The highest BCUT2D eigenvalue weighted by atomic mass is 32.2. The summed E-state index contributed by atoms with van der Waals surface area (Å²) in [5.74, 6) is 1.60. The van der Waals surface area contributed by atoms with Crippen LogP contribution in [0.15, 0.2) is 29.2 Å². The molecule has 0 saturated carbocycles. The van der Waals surface area contributed by atoms with Crippen LogP contribution in [0.5, 0.6) is 5.75 Å². The Morgan fingerprint density at radius 1 is 1.32 bits per heavy atom. The maximum Gasteiger partial charge on any atom is 0.260 e. The van der Waals surface area contributed by atoms with Gasteiger partial charge in [-0.2, -0.15) is 0 Å². The van der Waals surface area contributed by atoms with Crippen LogP contribution >= 0.6 is 11.8 Å². The summed E-state index contributed by atoms with van der Waals surface area (Å²) in [7, 11) is 0. The van der Waals surface area contributed by atoms with E-state index in [0.29, 0.717) is 0 Å². The molecule has 0 radical (unpaired) electrons. The predicted molar refractivity (Wildman–Crippen MR) is 78.7 cm³/mol. The molecular weight excluding hydrogens is 258 g/mol. The van der Waals surface area contributed by atoms with E-state index in [1.165, 1.54) is 4.90 Å². The molecule has 1 aromatic rings. The quantitative estimate of drug-likeness (QED) is 0.793. The summed E-state index contributed by atoms with van der Waals surface area (Å²) >= 11 is 1.69. The van der Waals surface area contributed by atoms with Crippen LogP contribution in [0.2, 0.25) is 0 Å². The molecule has 0 aromatic heterocycles. The van der Waals surface area contributed by atoms with Crippen molar-refractivity contribution in [3.05, 3.63) is 24.3 Å². The molecule has 0 atom stereocenters. The first-order chi connectivity index (χ1) is 9.19. The number of hydrogen-bond donors (Lipinski definition) is 0. The number of thioether (sulfide) groups is 1. The monoisotopic (exact) mass is 279 g/mol. The van der Waals surface area contributed by atoms with Crippen LogP contribution in [0, 0.1) is 5.92 Å². The summed E-state index contributed by atoms with van der Waals surface area (Å²) in [6.07, 6.45) is 4.25. The highest BCUT2D eigenvalue weighted by Gasteiger charge is 2.20. The van der Waals surface area contributed by atoms with Gasteiger partial charge in [-0.15, -0.1) is 11.8 Å². The van der Waals surface area contributed by atoms with Crippen molar-refractivity contribution in [3.63, 3.8) is 0 Å². The van der Waals surface area contributed by atoms with E-state index in [1.807, 2.05) is 35.4 Å². The molecule has 1 saturated heterocycles. The molecule has 1 aromatic carbocycles. The largest absolute Gasteiger partial charge is 0.484 e. The Hall–Kier alpha value is -1.16. The zero-order valence-corrected chi connectivity index (χ0v) is 12.4. The molecule has 0 spiro atoms. The summed E-state index contributed by atoms with van der Waals surface area (Å²) in [5.41, 5.74) is 0. The maximum absolute atomic E-state index is 12.0. The first-order valence-electron chi connectivity index (χ1n) is 6.73. The van der Waals surface area contributed by atoms with Gasteiger partial charge in [-0.1, -0.05) is 6.92 Å². The molecular formula is C15H21NO2S. The van der Waals surface area contributed by atoms with E-state index in [1.54, 1.807) is 11.8 Å². The maximum atomic E-state index is 12.0. The molecule has 1 amide bonds. The Kier molecular flexibility index (Phi) is 5.14. The van der Waals surface area contributed by atoms with E-state index in [0.717, 1.165) is 37.6 Å². The number of carbonyl (C=O) groups excluding carboxylic acids is 1. The number of rotatable bonds is 4. The van der Waals surface area contributed by atoms with Gasteiger partial charge in [0.25, 0.3) is 5.91 Å². The van der Waals surface area contributed by atoms with Gasteiger partial charge in [0.1, 0.15) is 5.75 Å². The molecule has 19 heavy (non-hydrogen) atoms. The van der Waals surface area contributed by atoms with Gasteiger partial charge in [-0.05, 0) is 49.3 Å². The first kappa shape index (κ1) is 14.3. The number of carbonyl (C=O) groups is 1. The van der Waals surface area contributed by atoms with Crippen LogP contribution in [0.25, 0.3) is 0 Å². The highest BCUT2D eigenvalue weighted by molar-refractivity contribution is 7.98. The van der Waals surface area contributed by atoms with Crippen molar-refractivity contribution in [1.82, 2.24) is 4.90 Å². The average Bonchev–Trinajstić information content (AvgIpc) is 2.46. The van der Waals surface area contributed by atoms with E-state index in [4.69, 9.17) is 4.74 Å². The Balaban J connectivity index is 1.79. The van der Waals surface area contributed by atoms with Crippen molar-refractivity contribution in [2.45, 2.75) is 24.7 Å². The third-order valence-corrected chi connectivity index (χ3v) is 4.30. The number of ether oxygens (including phenoxy) is 1. The van der Waals surface area contributed by atoms with E-state index in [-0.39, 0.29) is 12.5 Å². The van der Waals surface area contributed by atoms with Crippen molar-refractivity contribution in [2.75, 3.05) is 26.0 Å². The highest BCUT2D eigenvalue weighted by Crippen LogP contribution is 2.19. The van der Waals surface area contributed by atoms with Gasteiger partial charge in [0.2, 0.25) is 0 Å². The lowest BCUT2D eigenvalue weighted by molar-refractivity contribution is -0.134. The molecule has 1 aliphatic heterocycles. The second-order valence-corrected chi connectivity index (χ2v) is 5.91. The van der Waals surface area contributed by atoms with Crippen LogP contribution in [-0.4, -0.2) is 36.8 Å². The smallest absolute Gasteiger partial charge is 0.260 e. The molecule has 1 aliphatic rings. The fourth-order valence-electron chi connectivity index (χ4n) is 2.17. The van der Waals surface area contributed by atoms with Crippen molar-refractivity contribution in [1.29, 1.82) is 0 Å². The Morgan fingerprint density at radius 3 is 2.53 bits per heavy atom. The third-order valence-electron chi connectivity index (χ3n) is 3.56. The lowest BCUT2D eigenvalue weighted by atomic mass is 9.99. The lowest BCUT2D eigenvalue weighted by Crippen LogP contribution is -2.40. The van der Waals surface area contributed by atoms with Crippen molar-refractivity contribution >= 4 is 17.7 Å². The molecule has 3 nitrogen and oxygen atoms in total. The summed E-state index contributed by atoms with van der Waals surface area (Å²) in [6.45, 7) is 4.13. The van der Waals surface area contributed by atoms with Crippen LogP contribution < -0.4 is 4.74 Å². The summed E-state index contributed by atoms with van der Waals surface area (Å²) in [4.78, 5) is 15.1. The fourth-order valence-corrected chi connectivity index (χ4v) is 2.57. The minimum atomic E-state index is 0.0980. The first-order valence-corrected chi connectivity index (χ1v) is 7.96. The fraction of sp³-hybridized carbons (Fsp3) is 0.533. The van der Waals surface area contributed by atoms with Crippen LogP contribution in [0.1, 0.15) is 19.8 Å². The predicted octanol–water partition coefficient (Wildman–Crippen LogP) is 3.05. The topological polar surface area (TPSA) is 29.5 Å². The van der Waals surface area contributed by atoms with Crippen molar-refractivity contribution < 1.29 is 9.53 Å². The zero-order valence-electron chi connectivity index (χ0n) is 11.6. The minimum Gasteiger partial charge on any atom is -0.484 e. The normalized spacial score (nSPS) is 16.4. The van der Waals surface area contributed by atoms with Gasteiger partial charge < -0.3 is 9.64 Å². The van der Waals surface area contributed by atoms with Crippen molar-refractivity contribution in [3.8, 4) is 5.75 Å². The standard InChI is InChI=1S/C15H21NO2S/c1-12-7-9-16(10-8-12)15(17)11-18-13-3-5-14(19-2)6-4-13/h3-6,12H,7-11H2,1-2H3. The number of benzene rings is 1. The average molecular weight is 279 g/mol. The molecule has 4 heteroatoms. The van der Waals surface area contributed by atoms with Crippen LogP contribution in [0.3, 0.4) is 0 Å². The molecule has 0 bridgehead atoms. The second-order valence-electron chi connectivity index (χ2n) is 5.03. The Labute approximate surface area is 119 Å². The van der Waals surface area contributed by atoms with E-state index < -0.39 is 0 Å². The lowest BCUT2D eigenvalue weighted by Gasteiger charge is -2.30. The molecule has 1 fully saturated rings. The third kappa shape index (κ3) is 4.16. The molecule has 0 unspecified atom stereocenters.